The number of rotatable bonds is 15. The number of carbonyl (C=O) groups excluding carboxylic acids is 5. The van der Waals surface area contributed by atoms with Crippen molar-refractivity contribution in [3.05, 3.63) is 71.8 Å². The average molecular weight is 554 g/mol. The smallest absolute Gasteiger partial charge is 0.338 e. The molecule has 2 aromatic carbocycles. The number of hydrogen-bond donors (Lipinski definition) is 4. The van der Waals surface area contributed by atoms with Gasteiger partial charge in [0.1, 0.15) is 18.1 Å². The van der Waals surface area contributed by atoms with E-state index in [1.165, 1.54) is 19.1 Å². The molecule has 11 nitrogen and oxygen atoms in total. The maximum Gasteiger partial charge on any atom is 0.338 e. The summed E-state index contributed by atoms with van der Waals surface area (Å²) in [5.74, 6) is -5.01. The largest absolute Gasteiger partial charge is 0.481 e. The van der Waals surface area contributed by atoms with Gasteiger partial charge in [0.05, 0.1) is 12.0 Å². The highest BCUT2D eigenvalue weighted by atomic mass is 16.5. The number of carbonyl (C=O) groups is 6. The molecule has 0 saturated carbocycles. The van der Waals surface area contributed by atoms with E-state index in [9.17, 15) is 33.9 Å². The highest BCUT2D eigenvalue weighted by molar-refractivity contribution is 5.97. The molecule has 0 aliphatic heterocycles. The van der Waals surface area contributed by atoms with Crippen molar-refractivity contribution in [1.29, 1.82) is 0 Å². The second kappa shape index (κ2) is 15.8. The maximum absolute atomic E-state index is 12.9. The Morgan fingerprint density at radius 3 is 1.98 bits per heavy atom. The lowest BCUT2D eigenvalue weighted by Crippen LogP contribution is -2.56. The SMILES string of the molecule is CC(C)[C@H](NC(=O)CCc1ccccc1)C(=O)N[C@@H](C)C(=O)NC(CC(=O)O)C(=O)COC(=O)c1ccccc1. The Morgan fingerprint density at radius 2 is 1.40 bits per heavy atom. The van der Waals surface area contributed by atoms with E-state index < -0.39 is 60.7 Å². The van der Waals surface area contributed by atoms with Crippen LogP contribution < -0.4 is 16.0 Å². The molecular formula is C29H35N3O8. The average Bonchev–Trinajstić information content (AvgIpc) is 2.93. The molecule has 0 aliphatic carbocycles. The van der Waals surface area contributed by atoms with Gasteiger partial charge in [-0.2, -0.15) is 0 Å². The molecule has 3 atom stereocenters. The Morgan fingerprint density at radius 1 is 0.800 bits per heavy atom. The number of ketones is 1. The minimum atomic E-state index is -1.49. The van der Waals surface area contributed by atoms with Gasteiger partial charge >= 0.3 is 11.9 Å². The molecule has 0 heterocycles. The minimum absolute atomic E-state index is 0.171. The topological polar surface area (TPSA) is 168 Å². The van der Waals surface area contributed by atoms with E-state index >= 15 is 0 Å². The van der Waals surface area contributed by atoms with Crippen molar-refractivity contribution >= 4 is 35.4 Å². The highest BCUT2D eigenvalue weighted by Gasteiger charge is 2.30. The molecule has 2 rings (SSSR count). The summed E-state index contributed by atoms with van der Waals surface area (Å²) in [6, 6.07) is 13.7. The van der Waals surface area contributed by atoms with E-state index in [2.05, 4.69) is 16.0 Å². The van der Waals surface area contributed by atoms with Gasteiger partial charge in [-0.25, -0.2) is 4.79 Å². The van der Waals surface area contributed by atoms with Crippen molar-refractivity contribution in [1.82, 2.24) is 16.0 Å². The van der Waals surface area contributed by atoms with E-state index in [1.54, 1.807) is 32.0 Å². The number of aryl methyl sites for hydroxylation is 1. The summed E-state index contributed by atoms with van der Waals surface area (Å²) in [5.41, 5.74) is 1.19. The number of hydrogen-bond acceptors (Lipinski definition) is 7. The van der Waals surface area contributed by atoms with Crippen LogP contribution in [0.1, 0.15) is 49.5 Å². The van der Waals surface area contributed by atoms with Crippen LogP contribution in [0.5, 0.6) is 0 Å². The number of Topliss-reactive ketones (excluding diaryl/α,β-unsaturated/α-hetero) is 1. The molecule has 0 aromatic heterocycles. The molecule has 3 amide bonds. The highest BCUT2D eigenvalue weighted by Crippen LogP contribution is 2.07. The van der Waals surface area contributed by atoms with Crippen molar-refractivity contribution < 1.29 is 38.6 Å². The van der Waals surface area contributed by atoms with Gasteiger partial charge in [-0.15, -0.1) is 0 Å². The lowest BCUT2D eigenvalue weighted by molar-refractivity contribution is -0.141. The van der Waals surface area contributed by atoms with Crippen LogP contribution >= 0.6 is 0 Å². The minimum Gasteiger partial charge on any atom is -0.481 e. The van der Waals surface area contributed by atoms with E-state index in [4.69, 9.17) is 4.74 Å². The third kappa shape index (κ3) is 10.7. The first kappa shape index (κ1) is 31.7. The van der Waals surface area contributed by atoms with Crippen molar-refractivity contribution in [2.45, 2.75) is 58.2 Å². The van der Waals surface area contributed by atoms with Crippen molar-refractivity contribution in [3.8, 4) is 0 Å². The number of carboxylic acids is 1. The monoisotopic (exact) mass is 553 g/mol. The molecule has 40 heavy (non-hydrogen) atoms. The quantitative estimate of drug-likeness (QED) is 0.242. The van der Waals surface area contributed by atoms with Gasteiger partial charge < -0.3 is 25.8 Å². The molecular weight excluding hydrogens is 518 g/mol. The molecule has 2 aromatic rings. The van der Waals surface area contributed by atoms with Crippen molar-refractivity contribution in [3.63, 3.8) is 0 Å². The predicted molar refractivity (Wildman–Crippen MR) is 145 cm³/mol. The lowest BCUT2D eigenvalue weighted by Gasteiger charge is -2.25. The number of nitrogens with one attached hydrogen (secondary N) is 3. The Balaban J connectivity index is 1.93. The fraction of sp³-hybridized carbons (Fsp3) is 0.379. The molecule has 214 valence electrons. The maximum atomic E-state index is 12.9. The van der Waals surface area contributed by atoms with Gasteiger partial charge in [0.15, 0.2) is 12.4 Å². The molecule has 0 bridgehead atoms. The Hall–Kier alpha value is -4.54. The zero-order valence-corrected chi connectivity index (χ0v) is 22.7. The summed E-state index contributed by atoms with van der Waals surface area (Å²) in [4.78, 5) is 74.1. The molecule has 0 aliphatic rings. The summed E-state index contributed by atoms with van der Waals surface area (Å²) in [6.07, 6.45) is -0.0812. The van der Waals surface area contributed by atoms with Crippen LogP contribution in [-0.4, -0.2) is 65.3 Å². The lowest BCUT2D eigenvalue weighted by atomic mass is 10.0. The van der Waals surface area contributed by atoms with Crippen LogP contribution in [0.2, 0.25) is 0 Å². The number of ether oxygens (including phenoxy) is 1. The van der Waals surface area contributed by atoms with E-state index in [-0.39, 0.29) is 23.8 Å². The molecule has 4 N–H and O–H groups in total. The Bertz CT molecular complexity index is 1180. The number of esters is 1. The third-order valence-corrected chi connectivity index (χ3v) is 5.94. The van der Waals surface area contributed by atoms with Crippen LogP contribution in [0.15, 0.2) is 60.7 Å². The summed E-state index contributed by atoms with van der Waals surface area (Å²) < 4.78 is 4.96. The van der Waals surface area contributed by atoms with E-state index in [1.807, 2.05) is 30.3 Å². The number of carboxylic acid groups (broad SMARTS) is 1. The summed E-state index contributed by atoms with van der Waals surface area (Å²) in [5, 5.41) is 16.7. The van der Waals surface area contributed by atoms with Gasteiger partial charge in [-0.3, -0.25) is 24.0 Å². The Kier molecular flexibility index (Phi) is 12.5. The fourth-order valence-electron chi connectivity index (χ4n) is 3.66. The first-order chi connectivity index (χ1) is 19.0. The van der Waals surface area contributed by atoms with Crippen molar-refractivity contribution in [2.75, 3.05) is 6.61 Å². The summed E-state index contributed by atoms with van der Waals surface area (Å²) >= 11 is 0. The number of aliphatic carboxylic acids is 1. The second-order valence-corrected chi connectivity index (χ2v) is 9.57. The van der Waals surface area contributed by atoms with Gasteiger partial charge in [-0.1, -0.05) is 62.4 Å². The van der Waals surface area contributed by atoms with Crippen LogP contribution in [0.4, 0.5) is 0 Å². The van der Waals surface area contributed by atoms with Gasteiger partial charge in [0.25, 0.3) is 0 Å². The van der Waals surface area contributed by atoms with Crippen LogP contribution in [-0.2, 0) is 35.1 Å². The summed E-state index contributed by atoms with van der Waals surface area (Å²) in [6.45, 7) is 4.09. The van der Waals surface area contributed by atoms with Crippen molar-refractivity contribution in [2.24, 2.45) is 5.92 Å². The van der Waals surface area contributed by atoms with Crippen LogP contribution in [0, 0.1) is 5.92 Å². The third-order valence-electron chi connectivity index (χ3n) is 5.94. The Labute approximate surface area is 232 Å². The van der Waals surface area contributed by atoms with E-state index in [0.29, 0.717) is 6.42 Å². The first-order valence-corrected chi connectivity index (χ1v) is 12.9. The standard InChI is InChI=1S/C29H35N3O8/c1-18(2)26(32-24(34)15-14-20-10-6-4-7-11-20)28(38)30-19(3)27(37)31-22(16-25(35)36)23(33)17-40-29(39)21-12-8-5-9-13-21/h4-13,18-19,22,26H,14-17H2,1-3H3,(H,30,38)(H,31,37)(H,32,34)(H,35,36)/t19-,22?,26-/m0/s1. The zero-order chi connectivity index (χ0) is 29.7. The fourth-order valence-corrected chi connectivity index (χ4v) is 3.66. The first-order valence-electron chi connectivity index (χ1n) is 12.9. The summed E-state index contributed by atoms with van der Waals surface area (Å²) in [7, 11) is 0. The zero-order valence-electron chi connectivity index (χ0n) is 22.7. The van der Waals surface area contributed by atoms with Gasteiger partial charge in [0.2, 0.25) is 17.7 Å². The van der Waals surface area contributed by atoms with Gasteiger partial charge in [0, 0.05) is 6.42 Å². The molecule has 0 spiro atoms. The van der Waals surface area contributed by atoms with E-state index in [0.717, 1.165) is 5.56 Å². The number of benzene rings is 2. The number of amides is 3. The van der Waals surface area contributed by atoms with Crippen LogP contribution in [0.25, 0.3) is 0 Å². The predicted octanol–water partition coefficient (Wildman–Crippen LogP) is 1.65. The normalized spacial score (nSPS) is 12.9. The van der Waals surface area contributed by atoms with Crippen LogP contribution in [0.3, 0.4) is 0 Å². The molecule has 0 saturated heterocycles. The molecule has 0 radical (unpaired) electrons. The van der Waals surface area contributed by atoms with Gasteiger partial charge in [-0.05, 0) is 37.0 Å². The second-order valence-electron chi connectivity index (χ2n) is 9.57. The molecule has 0 fully saturated rings. The molecule has 11 heteroatoms. The molecule has 1 unspecified atom stereocenters.